The third kappa shape index (κ3) is 3.04. The lowest BCUT2D eigenvalue weighted by molar-refractivity contribution is -0.149. The normalized spacial score (nSPS) is 28.2. The lowest BCUT2D eigenvalue weighted by Crippen LogP contribution is -2.47. The summed E-state index contributed by atoms with van der Waals surface area (Å²) in [5.74, 6) is 0.681. The zero-order valence-corrected chi connectivity index (χ0v) is 11.7. The van der Waals surface area contributed by atoms with E-state index in [4.69, 9.17) is 4.74 Å². The monoisotopic (exact) mass is 254 g/mol. The van der Waals surface area contributed by atoms with Gasteiger partial charge in [0.1, 0.15) is 6.04 Å². The first-order valence-electron chi connectivity index (χ1n) is 7.37. The van der Waals surface area contributed by atoms with Crippen LogP contribution in [0, 0.1) is 5.92 Å². The highest BCUT2D eigenvalue weighted by Crippen LogP contribution is 2.30. The van der Waals surface area contributed by atoms with Crippen molar-refractivity contribution in [1.29, 1.82) is 0 Å². The van der Waals surface area contributed by atoms with Gasteiger partial charge in [-0.1, -0.05) is 19.3 Å². The second-order valence-electron chi connectivity index (χ2n) is 5.53. The molecule has 0 spiro atoms. The number of nitrogens with one attached hydrogen (secondary N) is 1. The van der Waals surface area contributed by atoms with E-state index in [0.29, 0.717) is 12.6 Å². The van der Waals surface area contributed by atoms with Crippen LogP contribution in [-0.4, -0.2) is 42.8 Å². The lowest BCUT2D eigenvalue weighted by atomic mass is 9.84. The highest BCUT2D eigenvalue weighted by atomic mass is 16.5. The van der Waals surface area contributed by atoms with Crippen molar-refractivity contribution < 1.29 is 9.53 Å². The van der Waals surface area contributed by atoms with Gasteiger partial charge in [0, 0.05) is 19.3 Å². The van der Waals surface area contributed by atoms with E-state index in [1.54, 1.807) is 0 Å². The predicted molar refractivity (Wildman–Crippen MR) is 71.2 cm³/mol. The minimum absolute atomic E-state index is 0.0647. The van der Waals surface area contributed by atoms with E-state index >= 15 is 0 Å². The molecule has 1 saturated carbocycles. The molecule has 1 N–H and O–H groups in total. The molecule has 18 heavy (non-hydrogen) atoms. The summed E-state index contributed by atoms with van der Waals surface area (Å²) < 4.78 is 5.17. The van der Waals surface area contributed by atoms with E-state index in [9.17, 15) is 4.79 Å². The number of rotatable bonds is 4. The maximum atomic E-state index is 11.9. The van der Waals surface area contributed by atoms with Crippen molar-refractivity contribution in [2.45, 2.75) is 58.0 Å². The van der Waals surface area contributed by atoms with Gasteiger partial charge in [-0.15, -0.1) is 0 Å². The fourth-order valence-electron chi connectivity index (χ4n) is 3.33. The molecule has 2 aliphatic rings. The number of hydrogen-bond donors (Lipinski definition) is 1. The van der Waals surface area contributed by atoms with E-state index in [0.717, 1.165) is 19.1 Å². The number of esters is 1. The van der Waals surface area contributed by atoms with Crippen LogP contribution in [0.15, 0.2) is 0 Å². The average Bonchev–Trinajstić information content (AvgIpc) is 2.88. The number of hydrogen-bond acceptors (Lipinski definition) is 4. The van der Waals surface area contributed by atoms with Crippen LogP contribution in [0.5, 0.6) is 0 Å². The Hall–Kier alpha value is -0.610. The third-order valence-electron chi connectivity index (χ3n) is 4.45. The van der Waals surface area contributed by atoms with Gasteiger partial charge in [0.25, 0.3) is 0 Å². The molecule has 0 radical (unpaired) electrons. The van der Waals surface area contributed by atoms with Crippen LogP contribution in [-0.2, 0) is 9.53 Å². The van der Waals surface area contributed by atoms with Crippen molar-refractivity contribution in [3.63, 3.8) is 0 Å². The molecule has 0 bridgehead atoms. The van der Waals surface area contributed by atoms with Gasteiger partial charge in [0.05, 0.1) is 6.61 Å². The van der Waals surface area contributed by atoms with Gasteiger partial charge in [-0.2, -0.15) is 0 Å². The Bertz CT molecular complexity index is 277. The molecular weight excluding hydrogens is 228 g/mol. The molecule has 2 atom stereocenters. The molecule has 0 amide bonds. The summed E-state index contributed by atoms with van der Waals surface area (Å²) in [6.45, 7) is 6.17. The molecule has 2 unspecified atom stereocenters. The first kappa shape index (κ1) is 13.8. The summed E-state index contributed by atoms with van der Waals surface area (Å²) >= 11 is 0. The molecule has 1 aliphatic carbocycles. The third-order valence-corrected chi connectivity index (χ3v) is 4.45. The molecule has 0 aromatic rings. The Morgan fingerprint density at radius 1 is 1.39 bits per heavy atom. The van der Waals surface area contributed by atoms with Gasteiger partial charge in [-0.3, -0.25) is 9.69 Å². The second kappa shape index (κ2) is 6.53. The summed E-state index contributed by atoms with van der Waals surface area (Å²) in [6, 6.07) is 0.400. The van der Waals surface area contributed by atoms with Gasteiger partial charge in [-0.25, -0.2) is 0 Å². The standard InChI is InChI=1S/C14H26N2O2/c1-3-18-14(17)13-9-15-10-16(13)11(2)12-7-5-4-6-8-12/h11-13,15H,3-10H2,1-2H3. The van der Waals surface area contributed by atoms with Gasteiger partial charge in [0.15, 0.2) is 0 Å². The van der Waals surface area contributed by atoms with Gasteiger partial charge >= 0.3 is 5.97 Å². The fourth-order valence-corrected chi connectivity index (χ4v) is 3.33. The Morgan fingerprint density at radius 2 is 2.11 bits per heavy atom. The summed E-state index contributed by atoms with van der Waals surface area (Å²) in [5.41, 5.74) is 0. The Morgan fingerprint density at radius 3 is 2.78 bits per heavy atom. The highest BCUT2D eigenvalue weighted by Gasteiger charge is 2.37. The SMILES string of the molecule is CCOC(=O)C1CNCN1C(C)C1CCCCC1. The van der Waals surface area contributed by atoms with Crippen molar-refractivity contribution in [3.05, 3.63) is 0 Å². The summed E-state index contributed by atoms with van der Waals surface area (Å²) in [5, 5.41) is 3.31. The molecule has 2 rings (SSSR count). The van der Waals surface area contributed by atoms with Crippen LogP contribution in [0.4, 0.5) is 0 Å². The van der Waals surface area contributed by atoms with Gasteiger partial charge < -0.3 is 10.1 Å². The molecule has 1 heterocycles. The molecule has 4 heteroatoms. The number of carbonyl (C=O) groups excluding carboxylic acids is 1. The molecule has 2 fully saturated rings. The van der Waals surface area contributed by atoms with Crippen molar-refractivity contribution in [3.8, 4) is 0 Å². The second-order valence-corrected chi connectivity index (χ2v) is 5.53. The van der Waals surface area contributed by atoms with Crippen molar-refractivity contribution >= 4 is 5.97 Å². The smallest absolute Gasteiger partial charge is 0.324 e. The molecule has 0 aromatic carbocycles. The molecule has 4 nitrogen and oxygen atoms in total. The summed E-state index contributed by atoms with van der Waals surface area (Å²) in [4.78, 5) is 14.2. The molecule has 1 saturated heterocycles. The Balaban J connectivity index is 1.94. The van der Waals surface area contributed by atoms with E-state index in [2.05, 4.69) is 17.1 Å². The number of carbonyl (C=O) groups is 1. The lowest BCUT2D eigenvalue weighted by Gasteiger charge is -2.36. The molecule has 104 valence electrons. The van der Waals surface area contributed by atoms with Crippen molar-refractivity contribution in [1.82, 2.24) is 10.2 Å². The molecule has 0 aromatic heterocycles. The maximum absolute atomic E-state index is 11.9. The Kier molecular flexibility index (Phi) is 5.01. The minimum Gasteiger partial charge on any atom is -0.465 e. The zero-order valence-electron chi connectivity index (χ0n) is 11.7. The first-order valence-corrected chi connectivity index (χ1v) is 7.37. The number of ether oxygens (including phenoxy) is 1. The van der Waals surface area contributed by atoms with Crippen LogP contribution >= 0.6 is 0 Å². The topological polar surface area (TPSA) is 41.6 Å². The first-order chi connectivity index (χ1) is 8.74. The maximum Gasteiger partial charge on any atom is 0.324 e. The van der Waals surface area contributed by atoms with Crippen LogP contribution < -0.4 is 5.32 Å². The summed E-state index contributed by atoms with van der Waals surface area (Å²) in [6.07, 6.45) is 6.70. The van der Waals surface area contributed by atoms with Gasteiger partial charge in [0.2, 0.25) is 0 Å². The van der Waals surface area contributed by atoms with Crippen LogP contribution in [0.25, 0.3) is 0 Å². The van der Waals surface area contributed by atoms with Crippen LogP contribution in [0.3, 0.4) is 0 Å². The van der Waals surface area contributed by atoms with E-state index < -0.39 is 0 Å². The van der Waals surface area contributed by atoms with E-state index in [-0.39, 0.29) is 12.0 Å². The van der Waals surface area contributed by atoms with Crippen LogP contribution in [0.1, 0.15) is 46.0 Å². The van der Waals surface area contributed by atoms with E-state index in [1.165, 1.54) is 32.1 Å². The van der Waals surface area contributed by atoms with Crippen LogP contribution in [0.2, 0.25) is 0 Å². The zero-order chi connectivity index (χ0) is 13.0. The minimum atomic E-state index is -0.0816. The van der Waals surface area contributed by atoms with Gasteiger partial charge in [-0.05, 0) is 32.6 Å². The highest BCUT2D eigenvalue weighted by molar-refractivity contribution is 5.76. The fraction of sp³-hybridized carbons (Fsp3) is 0.929. The average molecular weight is 254 g/mol. The number of nitrogens with zero attached hydrogens (tertiary/aromatic N) is 1. The van der Waals surface area contributed by atoms with Crippen molar-refractivity contribution in [2.75, 3.05) is 19.8 Å². The summed E-state index contributed by atoms with van der Waals surface area (Å²) in [7, 11) is 0. The Labute approximate surface area is 110 Å². The largest absolute Gasteiger partial charge is 0.465 e. The molecule has 1 aliphatic heterocycles. The predicted octanol–water partition coefficient (Wildman–Crippen LogP) is 1.75. The quantitative estimate of drug-likeness (QED) is 0.776. The van der Waals surface area contributed by atoms with Crippen molar-refractivity contribution in [2.24, 2.45) is 5.92 Å². The molecular formula is C14H26N2O2. The van der Waals surface area contributed by atoms with E-state index in [1.807, 2.05) is 6.92 Å².